The van der Waals surface area contributed by atoms with Gasteiger partial charge in [0.05, 0.1) is 12.1 Å². The van der Waals surface area contributed by atoms with Crippen LogP contribution in [-0.2, 0) is 59.7 Å². The molecule has 6 heterocycles. The first-order valence-electron chi connectivity index (χ1n) is 29.1. The van der Waals surface area contributed by atoms with Crippen LogP contribution in [0, 0.1) is 23.7 Å². The van der Waals surface area contributed by atoms with Gasteiger partial charge in [-0.1, -0.05) is 79.7 Å². The highest BCUT2D eigenvalue weighted by Crippen LogP contribution is 2.25. The maximum absolute atomic E-state index is 13.7. The molecular formula is C60H74N12O16. The van der Waals surface area contributed by atoms with Crippen LogP contribution in [-0.4, -0.2) is 145 Å². The number of para-hydroxylation sites is 4. The Morgan fingerprint density at radius 2 is 0.898 bits per heavy atom. The number of amides is 6. The van der Waals surface area contributed by atoms with Crippen LogP contribution >= 0.6 is 0 Å². The molecule has 4 aromatic heterocycles. The zero-order valence-corrected chi connectivity index (χ0v) is 50.4. The second-order valence-corrected chi connectivity index (χ2v) is 23.0. The van der Waals surface area contributed by atoms with Crippen molar-refractivity contribution in [2.45, 2.75) is 150 Å². The normalized spacial score (nSPS) is 16.3. The van der Waals surface area contributed by atoms with Crippen molar-refractivity contribution in [3.63, 3.8) is 0 Å². The summed E-state index contributed by atoms with van der Waals surface area (Å²) < 4.78 is 14.7. The lowest BCUT2D eigenvalue weighted by Gasteiger charge is -2.31. The van der Waals surface area contributed by atoms with Crippen LogP contribution in [0.3, 0.4) is 0 Å². The van der Waals surface area contributed by atoms with Crippen LogP contribution < -0.4 is 43.8 Å². The van der Waals surface area contributed by atoms with Crippen molar-refractivity contribution in [2.75, 3.05) is 13.1 Å². The van der Waals surface area contributed by atoms with Crippen molar-refractivity contribution in [1.82, 2.24) is 59.3 Å². The standard InChI is InChI=1S/C30H36N6O9.C30H38N6O7/c1-16(2)24(26(41)28-31-18-8-5-6-10-20(18)45-28)33-27(42)19-9-7-12-35(19)29(43)25(17(3)4)32-21(37)14-34-13-11-22(38)36(30(34)44)15-23(39)40;1-6-35-23(38)13-15-34(30(35)42)16-22(37)32-25(18(4)5)29(41)36-14-9-11-20(36)27(40)33-24(17(2)3)26(39)28-31-19-10-7-8-12-21(19)43-28/h5-6,8,10-11,13,16-17,19,24-25H,7,9,12,14-15H2,1-4H3,(H,32,37)(H,33,42)(H,39,40);7-8,10,12-13,15,17-18,20,24-25H,6,9,11,14,16H2,1-5H3,(H,32,37)(H,33,40)/t19-,24-,25-;20-,24-,25-/m00/s1. The van der Waals surface area contributed by atoms with E-state index in [1.807, 2.05) is 0 Å². The van der Waals surface area contributed by atoms with Crippen LogP contribution in [0.4, 0.5) is 0 Å². The highest BCUT2D eigenvalue weighted by atomic mass is 16.4. The van der Waals surface area contributed by atoms with Gasteiger partial charge in [0.1, 0.15) is 54.8 Å². The van der Waals surface area contributed by atoms with E-state index >= 15 is 0 Å². The predicted molar refractivity (Wildman–Crippen MR) is 316 cm³/mol. The third-order valence-corrected chi connectivity index (χ3v) is 15.2. The van der Waals surface area contributed by atoms with Gasteiger partial charge in [0, 0.05) is 44.2 Å². The fourth-order valence-corrected chi connectivity index (χ4v) is 10.5. The van der Waals surface area contributed by atoms with E-state index in [-0.39, 0.29) is 49.2 Å². The third kappa shape index (κ3) is 15.3. The van der Waals surface area contributed by atoms with Gasteiger partial charge in [-0.25, -0.2) is 24.1 Å². The number of rotatable bonds is 23. The Morgan fingerprint density at radius 1 is 0.523 bits per heavy atom. The Labute approximate surface area is 503 Å². The second kappa shape index (κ2) is 28.7. The van der Waals surface area contributed by atoms with Gasteiger partial charge in [-0.05, 0) is 80.5 Å². The molecule has 2 saturated heterocycles. The summed E-state index contributed by atoms with van der Waals surface area (Å²) in [5, 5.41) is 19.9. The lowest BCUT2D eigenvalue weighted by Crippen LogP contribution is -2.57. The third-order valence-electron chi connectivity index (χ3n) is 15.2. The number of hydrogen-bond acceptors (Lipinski definition) is 17. The number of ketones is 2. The summed E-state index contributed by atoms with van der Waals surface area (Å²) in [6.45, 7) is 14.6. The van der Waals surface area contributed by atoms with Crippen LogP contribution in [0.5, 0.6) is 0 Å². The van der Waals surface area contributed by atoms with Gasteiger partial charge < -0.3 is 45.0 Å². The van der Waals surface area contributed by atoms with Crippen LogP contribution in [0.1, 0.15) is 109 Å². The molecule has 6 atom stereocenters. The van der Waals surface area contributed by atoms with Crippen molar-refractivity contribution in [3.8, 4) is 0 Å². The summed E-state index contributed by atoms with van der Waals surface area (Å²) in [5.74, 6) is -7.19. The number of aliphatic carboxylic acids is 1. The molecule has 5 N–H and O–H groups in total. The average molecular weight is 1220 g/mol. The lowest BCUT2D eigenvalue weighted by molar-refractivity contribution is -0.142. The van der Waals surface area contributed by atoms with Gasteiger partial charge in [0.25, 0.3) is 22.9 Å². The molecule has 0 spiro atoms. The zero-order chi connectivity index (χ0) is 64.4. The minimum absolute atomic E-state index is 0.101. The number of carboxylic acids is 1. The number of hydrogen-bond donors (Lipinski definition) is 5. The maximum atomic E-state index is 13.7. The number of likely N-dealkylation sites (tertiary alicyclic amines) is 2. The summed E-state index contributed by atoms with van der Waals surface area (Å²) in [5.41, 5.74) is -0.962. The number of nitrogens with zero attached hydrogens (tertiary/aromatic N) is 8. The Balaban J connectivity index is 0.000000251. The number of nitrogens with one attached hydrogen (secondary N) is 4. The monoisotopic (exact) mass is 1220 g/mol. The first-order valence-corrected chi connectivity index (χ1v) is 29.1. The Morgan fingerprint density at radius 3 is 1.26 bits per heavy atom. The molecule has 470 valence electrons. The van der Waals surface area contributed by atoms with Gasteiger partial charge in [-0.3, -0.25) is 66.4 Å². The fourth-order valence-electron chi connectivity index (χ4n) is 10.5. The molecule has 0 radical (unpaired) electrons. The fraction of sp³-hybridized carbons (Fsp3) is 0.483. The van der Waals surface area contributed by atoms with E-state index in [9.17, 15) is 62.3 Å². The predicted octanol–water partition coefficient (Wildman–Crippen LogP) is 1.72. The van der Waals surface area contributed by atoms with Crippen LogP contribution in [0.25, 0.3) is 22.2 Å². The zero-order valence-electron chi connectivity index (χ0n) is 50.4. The molecule has 2 aromatic carbocycles. The van der Waals surface area contributed by atoms with Crippen molar-refractivity contribution < 1.29 is 57.1 Å². The minimum Gasteiger partial charge on any atom is -0.480 e. The molecule has 28 heteroatoms. The summed E-state index contributed by atoms with van der Waals surface area (Å²) in [4.78, 5) is 178. The van der Waals surface area contributed by atoms with Crippen LogP contribution in [0.2, 0.25) is 0 Å². The molecule has 28 nitrogen and oxygen atoms in total. The van der Waals surface area contributed by atoms with Crippen molar-refractivity contribution >= 4 is 75.2 Å². The average Bonchev–Trinajstić information content (AvgIpc) is 4.24. The molecule has 6 amide bonds. The van der Waals surface area contributed by atoms with E-state index in [1.54, 1.807) is 111 Å². The van der Waals surface area contributed by atoms with Gasteiger partial charge in [-0.15, -0.1) is 0 Å². The lowest BCUT2D eigenvalue weighted by atomic mass is 9.98. The highest BCUT2D eigenvalue weighted by Gasteiger charge is 2.43. The summed E-state index contributed by atoms with van der Waals surface area (Å²) >= 11 is 0. The Bertz CT molecular complexity index is 3800. The molecule has 6 aromatic rings. The van der Waals surface area contributed by atoms with Gasteiger partial charge in [-0.2, -0.15) is 0 Å². The molecule has 0 unspecified atom stereocenters. The Hall–Kier alpha value is -9.63. The number of aromatic nitrogens is 6. The summed E-state index contributed by atoms with van der Waals surface area (Å²) in [6.07, 6.45) is 4.15. The first-order chi connectivity index (χ1) is 41.7. The molecule has 2 fully saturated rings. The number of benzene rings is 2. The van der Waals surface area contributed by atoms with E-state index in [1.165, 1.54) is 22.1 Å². The molecular weight excluding hydrogens is 1140 g/mol. The maximum Gasteiger partial charge on any atom is 0.331 e. The number of Topliss-reactive ketones (excluding diaryl/α,β-unsaturated/α-hetero) is 2. The number of fused-ring (bicyclic) bond motifs is 2. The van der Waals surface area contributed by atoms with E-state index < -0.39 is 131 Å². The summed E-state index contributed by atoms with van der Waals surface area (Å²) in [6, 6.07) is 10.4. The van der Waals surface area contributed by atoms with Gasteiger partial charge >= 0.3 is 17.3 Å². The van der Waals surface area contributed by atoms with Gasteiger partial charge in [0.2, 0.25) is 47.0 Å². The number of carboxylic acid groups (broad SMARTS) is 1. The molecule has 88 heavy (non-hydrogen) atoms. The SMILES string of the molecule is CC(C)[C@H](NC(=O)[C@@H]1CCCN1C(=O)[C@@H](NC(=O)Cn1ccc(=O)n(CC(=O)O)c1=O)C(C)C)C(=O)c1nc2ccccc2o1.CCn1c(=O)ccn(CC(=O)N[C@H](C(=O)N2CCC[C@H]2C(=O)N[C@H](C(=O)c2nc3ccccc3o2)C(C)C)C(C)C)c1=O. The quantitative estimate of drug-likeness (QED) is 0.0570. The first kappa shape index (κ1) is 65.9. The number of carbonyl (C=O) groups is 9. The largest absolute Gasteiger partial charge is 0.480 e. The minimum atomic E-state index is -1.40. The topological polar surface area (TPSA) is 369 Å². The summed E-state index contributed by atoms with van der Waals surface area (Å²) in [7, 11) is 0. The molecule has 0 bridgehead atoms. The van der Waals surface area contributed by atoms with Gasteiger partial charge in [0.15, 0.2) is 11.2 Å². The van der Waals surface area contributed by atoms with E-state index in [0.29, 0.717) is 59.0 Å². The molecule has 0 aliphatic carbocycles. The second-order valence-electron chi connectivity index (χ2n) is 23.0. The smallest absolute Gasteiger partial charge is 0.331 e. The van der Waals surface area contributed by atoms with Crippen molar-refractivity contribution in [3.05, 3.63) is 127 Å². The van der Waals surface area contributed by atoms with E-state index in [2.05, 4.69) is 31.2 Å². The number of carbonyl (C=O) groups excluding carboxylic acids is 8. The Kier molecular flexibility index (Phi) is 21.5. The molecule has 2 aliphatic heterocycles. The van der Waals surface area contributed by atoms with Crippen molar-refractivity contribution in [1.29, 1.82) is 0 Å². The van der Waals surface area contributed by atoms with Crippen molar-refractivity contribution in [2.24, 2.45) is 23.7 Å². The van der Waals surface area contributed by atoms with E-state index in [0.717, 1.165) is 26.0 Å². The molecule has 0 saturated carbocycles. The van der Waals surface area contributed by atoms with E-state index in [4.69, 9.17) is 13.9 Å². The highest BCUT2D eigenvalue weighted by molar-refractivity contribution is 6.02. The number of oxazole rings is 2. The van der Waals surface area contributed by atoms with Crippen LogP contribution in [0.15, 0.2) is 101 Å². The molecule has 8 rings (SSSR count). The molecule has 2 aliphatic rings.